The van der Waals surface area contributed by atoms with Crippen molar-refractivity contribution in [2.24, 2.45) is 23.1 Å². The molecular formula is C19H36N6O6S. The number of nitrogens with one attached hydrogen (secondary N) is 3. The molecule has 0 heterocycles. The largest absolute Gasteiger partial charge is 0.480 e. The molecule has 184 valence electrons. The lowest BCUT2D eigenvalue weighted by molar-refractivity contribution is -0.143. The van der Waals surface area contributed by atoms with Crippen LogP contribution < -0.4 is 33.2 Å². The Hall–Kier alpha value is -2.38. The number of carboxylic acid groups (broad SMARTS) is 1. The molecule has 32 heavy (non-hydrogen) atoms. The van der Waals surface area contributed by atoms with E-state index in [9.17, 15) is 29.1 Å². The molecule has 0 aromatic carbocycles. The molecule has 0 saturated heterocycles. The molecule has 0 aliphatic rings. The maximum Gasteiger partial charge on any atom is 0.326 e. The van der Waals surface area contributed by atoms with Crippen LogP contribution in [0, 0.1) is 5.92 Å². The SMILES string of the molecule is CC(C)C(NC(=O)C(CCCCN)NC(=O)C(CS)NC(=O)C(N)CCC(N)=O)C(=O)O. The van der Waals surface area contributed by atoms with E-state index < -0.39 is 53.8 Å². The first-order valence-electron chi connectivity index (χ1n) is 10.4. The van der Waals surface area contributed by atoms with Gasteiger partial charge in [0.05, 0.1) is 6.04 Å². The zero-order valence-electron chi connectivity index (χ0n) is 18.5. The predicted molar refractivity (Wildman–Crippen MR) is 121 cm³/mol. The lowest BCUT2D eigenvalue weighted by Gasteiger charge is -2.25. The van der Waals surface area contributed by atoms with Gasteiger partial charge >= 0.3 is 5.97 Å². The fourth-order valence-electron chi connectivity index (χ4n) is 2.70. The summed E-state index contributed by atoms with van der Waals surface area (Å²) in [6, 6.07) is -4.31. The number of hydrogen-bond acceptors (Lipinski definition) is 8. The fourth-order valence-corrected chi connectivity index (χ4v) is 2.96. The number of carbonyl (C=O) groups is 5. The smallest absolute Gasteiger partial charge is 0.326 e. The Bertz CT molecular complexity index is 662. The summed E-state index contributed by atoms with van der Waals surface area (Å²) in [5, 5.41) is 16.7. The van der Waals surface area contributed by atoms with Gasteiger partial charge < -0.3 is 38.3 Å². The standard InChI is InChI=1S/C19H36N6O6S/c1-10(2)15(19(30)31)25-17(28)12(5-3-4-8-20)23-18(29)13(9-32)24-16(27)11(21)6-7-14(22)26/h10-13,15,32H,3-9,20-21H2,1-2H3,(H2,22,26)(H,23,29)(H,24,27)(H,25,28)(H,30,31). The number of carbonyl (C=O) groups excluding carboxylic acids is 4. The van der Waals surface area contributed by atoms with Crippen molar-refractivity contribution in [1.29, 1.82) is 0 Å². The number of hydrogen-bond donors (Lipinski definition) is 8. The number of unbranched alkanes of at least 4 members (excludes halogenated alkanes) is 1. The minimum Gasteiger partial charge on any atom is -0.480 e. The van der Waals surface area contributed by atoms with E-state index >= 15 is 0 Å². The van der Waals surface area contributed by atoms with Crippen LogP contribution in [0.15, 0.2) is 0 Å². The molecule has 0 aliphatic carbocycles. The van der Waals surface area contributed by atoms with Crippen molar-refractivity contribution in [3.05, 3.63) is 0 Å². The van der Waals surface area contributed by atoms with Crippen LogP contribution >= 0.6 is 12.6 Å². The molecule has 12 nitrogen and oxygen atoms in total. The minimum atomic E-state index is -1.19. The lowest BCUT2D eigenvalue weighted by Crippen LogP contribution is -2.58. The van der Waals surface area contributed by atoms with E-state index in [1.807, 2.05) is 0 Å². The molecule has 0 fully saturated rings. The first-order chi connectivity index (χ1) is 14.9. The van der Waals surface area contributed by atoms with Crippen molar-refractivity contribution in [3.63, 3.8) is 0 Å². The molecular weight excluding hydrogens is 440 g/mol. The normalized spacial score (nSPS) is 14.7. The average molecular weight is 477 g/mol. The summed E-state index contributed by atoms with van der Waals surface area (Å²) < 4.78 is 0. The zero-order chi connectivity index (χ0) is 24.8. The summed E-state index contributed by atoms with van der Waals surface area (Å²) in [7, 11) is 0. The highest BCUT2D eigenvalue weighted by Gasteiger charge is 2.30. The van der Waals surface area contributed by atoms with E-state index in [0.717, 1.165) is 0 Å². The van der Waals surface area contributed by atoms with E-state index in [2.05, 4.69) is 28.6 Å². The third-order valence-corrected chi connectivity index (χ3v) is 5.03. The first-order valence-corrected chi connectivity index (χ1v) is 11.1. The molecule has 0 bridgehead atoms. The van der Waals surface area contributed by atoms with Crippen molar-refractivity contribution in [2.45, 2.75) is 70.1 Å². The topological polar surface area (TPSA) is 220 Å². The minimum absolute atomic E-state index is 0.0119. The van der Waals surface area contributed by atoms with Crippen LogP contribution in [-0.2, 0) is 24.0 Å². The van der Waals surface area contributed by atoms with Gasteiger partial charge in [0.1, 0.15) is 18.1 Å². The van der Waals surface area contributed by atoms with Crippen LogP contribution in [0.1, 0.15) is 46.0 Å². The van der Waals surface area contributed by atoms with Crippen LogP contribution in [-0.4, -0.2) is 71.2 Å². The van der Waals surface area contributed by atoms with Gasteiger partial charge in [-0.15, -0.1) is 0 Å². The quantitative estimate of drug-likeness (QED) is 0.0902. The highest BCUT2D eigenvalue weighted by molar-refractivity contribution is 7.80. The summed E-state index contributed by atoms with van der Waals surface area (Å²) in [6.07, 6.45) is 1.27. The number of rotatable bonds is 16. The van der Waals surface area contributed by atoms with Crippen LogP contribution in [0.25, 0.3) is 0 Å². The second-order valence-electron chi connectivity index (χ2n) is 7.77. The Morgan fingerprint density at radius 3 is 1.94 bits per heavy atom. The molecule has 0 aliphatic heterocycles. The Kier molecular flexibility index (Phi) is 14.3. The Morgan fingerprint density at radius 2 is 1.47 bits per heavy atom. The van der Waals surface area contributed by atoms with Crippen molar-refractivity contribution in [3.8, 4) is 0 Å². The highest BCUT2D eigenvalue weighted by atomic mass is 32.1. The van der Waals surface area contributed by atoms with Gasteiger partial charge in [-0.3, -0.25) is 19.2 Å². The van der Waals surface area contributed by atoms with Crippen molar-refractivity contribution in [2.75, 3.05) is 12.3 Å². The van der Waals surface area contributed by atoms with Gasteiger partial charge in [-0.25, -0.2) is 4.79 Å². The molecule has 0 spiro atoms. The van der Waals surface area contributed by atoms with Crippen LogP contribution in [0.2, 0.25) is 0 Å². The monoisotopic (exact) mass is 476 g/mol. The molecule has 0 radical (unpaired) electrons. The van der Waals surface area contributed by atoms with E-state index in [1.54, 1.807) is 13.8 Å². The van der Waals surface area contributed by atoms with Crippen LogP contribution in [0.5, 0.6) is 0 Å². The summed E-state index contributed by atoms with van der Waals surface area (Å²) in [4.78, 5) is 59.8. The molecule has 4 unspecified atom stereocenters. The van der Waals surface area contributed by atoms with E-state index in [0.29, 0.717) is 19.4 Å². The van der Waals surface area contributed by atoms with Crippen molar-refractivity contribution in [1.82, 2.24) is 16.0 Å². The molecule has 4 atom stereocenters. The molecule has 0 aromatic rings. The molecule has 4 amide bonds. The lowest BCUT2D eigenvalue weighted by atomic mass is 10.0. The van der Waals surface area contributed by atoms with Gasteiger partial charge in [-0.1, -0.05) is 13.8 Å². The van der Waals surface area contributed by atoms with Crippen molar-refractivity contribution >= 4 is 42.2 Å². The third kappa shape index (κ3) is 11.3. The average Bonchev–Trinajstić information content (AvgIpc) is 2.72. The first kappa shape index (κ1) is 29.6. The molecule has 10 N–H and O–H groups in total. The van der Waals surface area contributed by atoms with Gasteiger partial charge in [0, 0.05) is 12.2 Å². The van der Waals surface area contributed by atoms with E-state index in [4.69, 9.17) is 17.2 Å². The summed E-state index contributed by atoms with van der Waals surface area (Å²) in [6.45, 7) is 3.69. The Balaban J connectivity index is 5.22. The second kappa shape index (κ2) is 15.4. The molecule has 0 aromatic heterocycles. The number of carboxylic acids is 1. The van der Waals surface area contributed by atoms with Gasteiger partial charge in [0.25, 0.3) is 0 Å². The Morgan fingerprint density at radius 1 is 0.906 bits per heavy atom. The van der Waals surface area contributed by atoms with Crippen LogP contribution in [0.4, 0.5) is 0 Å². The van der Waals surface area contributed by atoms with E-state index in [-0.39, 0.29) is 30.9 Å². The number of primary amides is 1. The van der Waals surface area contributed by atoms with Crippen molar-refractivity contribution < 1.29 is 29.1 Å². The maximum absolute atomic E-state index is 12.7. The number of aliphatic carboxylic acids is 1. The summed E-state index contributed by atoms with van der Waals surface area (Å²) >= 11 is 4.07. The summed E-state index contributed by atoms with van der Waals surface area (Å²) in [5.74, 6) is -4.26. The zero-order valence-corrected chi connectivity index (χ0v) is 19.4. The number of nitrogens with two attached hydrogens (primary N) is 3. The van der Waals surface area contributed by atoms with Gasteiger partial charge in [-0.2, -0.15) is 12.6 Å². The number of thiol groups is 1. The Labute approximate surface area is 193 Å². The third-order valence-electron chi connectivity index (χ3n) is 4.66. The molecule has 0 saturated carbocycles. The van der Waals surface area contributed by atoms with Gasteiger partial charge in [-0.05, 0) is 38.1 Å². The highest BCUT2D eigenvalue weighted by Crippen LogP contribution is 2.07. The summed E-state index contributed by atoms with van der Waals surface area (Å²) in [5.41, 5.74) is 16.2. The van der Waals surface area contributed by atoms with Crippen LogP contribution in [0.3, 0.4) is 0 Å². The predicted octanol–water partition coefficient (Wildman–Crippen LogP) is -2.17. The van der Waals surface area contributed by atoms with E-state index in [1.165, 1.54) is 0 Å². The number of amides is 4. The fraction of sp³-hybridized carbons (Fsp3) is 0.737. The molecule has 0 rings (SSSR count). The van der Waals surface area contributed by atoms with Gasteiger partial charge in [0.15, 0.2) is 0 Å². The maximum atomic E-state index is 12.7. The van der Waals surface area contributed by atoms with Gasteiger partial charge in [0.2, 0.25) is 23.6 Å². The second-order valence-corrected chi connectivity index (χ2v) is 8.13. The molecule has 13 heteroatoms.